The Kier molecular flexibility index (Phi) is 12.2. The minimum Gasteiger partial charge on any atom is -0.510 e. The second kappa shape index (κ2) is 14.8. The van der Waals surface area contributed by atoms with Crippen molar-refractivity contribution < 1.29 is 14.6 Å². The molecule has 0 bridgehead atoms. The number of rotatable bonds is 16. The number of carbonyl (C=O) groups excluding carboxylic acids is 1. The summed E-state index contributed by atoms with van der Waals surface area (Å²) in [6.07, 6.45) is 11.8. The molecule has 194 valence electrons. The number of hydrogen-bond acceptors (Lipinski definition) is 5. The second-order valence-electron chi connectivity index (χ2n) is 10.4. The Morgan fingerprint density at radius 2 is 1.69 bits per heavy atom. The molecule has 0 radical (unpaired) electrons. The Morgan fingerprint density at radius 1 is 1.06 bits per heavy atom. The maximum Gasteiger partial charge on any atom is 0.125 e. The van der Waals surface area contributed by atoms with Crippen molar-refractivity contribution >= 4 is 17.3 Å². The summed E-state index contributed by atoms with van der Waals surface area (Å²) in [5.74, 6) is 0.0634. The van der Waals surface area contributed by atoms with E-state index in [2.05, 4.69) is 50.9 Å². The van der Waals surface area contributed by atoms with Crippen LogP contribution in [0.4, 0.5) is 0 Å². The van der Waals surface area contributed by atoms with Gasteiger partial charge in [-0.05, 0) is 42.4 Å². The van der Waals surface area contributed by atoms with Crippen LogP contribution in [-0.4, -0.2) is 39.6 Å². The van der Waals surface area contributed by atoms with Gasteiger partial charge in [0.2, 0.25) is 0 Å². The standard InChI is InChI=1S/C29H45N3O3/c1-6-8-9-10-11-14-17-35-22-24(21-33)18-23(7-2)19-25(29(3,4)5)28(34)20-32-30-26-15-12-13-16-27(26)31-32/h12-13,15-16,19,21,24,34H,6-11,14,17-18,20,22H2,1-5H3/b23-19+,28-25-. The number of nitrogens with zero attached hydrogens (tertiary/aromatic N) is 3. The zero-order valence-corrected chi connectivity index (χ0v) is 22.4. The molecule has 1 unspecified atom stereocenters. The topological polar surface area (TPSA) is 77.2 Å². The van der Waals surface area contributed by atoms with Gasteiger partial charge in [-0.1, -0.05) is 90.5 Å². The number of aldehydes is 1. The summed E-state index contributed by atoms with van der Waals surface area (Å²) >= 11 is 0. The Balaban J connectivity index is 2.03. The maximum absolute atomic E-state index is 11.7. The highest BCUT2D eigenvalue weighted by Crippen LogP contribution is 2.31. The molecule has 35 heavy (non-hydrogen) atoms. The molecule has 1 aromatic heterocycles. The van der Waals surface area contributed by atoms with Crippen LogP contribution in [0, 0.1) is 11.3 Å². The first-order valence-corrected chi connectivity index (χ1v) is 13.2. The third-order valence-electron chi connectivity index (χ3n) is 6.23. The third-order valence-corrected chi connectivity index (χ3v) is 6.23. The zero-order valence-electron chi connectivity index (χ0n) is 22.4. The molecule has 1 heterocycles. The fourth-order valence-electron chi connectivity index (χ4n) is 4.14. The van der Waals surface area contributed by atoms with Crippen molar-refractivity contribution in [3.05, 3.63) is 47.2 Å². The fourth-order valence-corrected chi connectivity index (χ4v) is 4.14. The number of allylic oxidation sites excluding steroid dienone is 4. The smallest absolute Gasteiger partial charge is 0.125 e. The molecule has 0 spiro atoms. The van der Waals surface area contributed by atoms with E-state index in [1.54, 1.807) is 0 Å². The Bertz CT molecular complexity index is 936. The van der Waals surface area contributed by atoms with Crippen molar-refractivity contribution in [1.82, 2.24) is 15.0 Å². The van der Waals surface area contributed by atoms with E-state index >= 15 is 0 Å². The molecule has 0 amide bonds. The van der Waals surface area contributed by atoms with Crippen LogP contribution in [0.25, 0.3) is 11.0 Å². The van der Waals surface area contributed by atoms with Crippen LogP contribution < -0.4 is 0 Å². The highest BCUT2D eigenvalue weighted by molar-refractivity contribution is 5.72. The highest BCUT2D eigenvalue weighted by atomic mass is 16.5. The quantitative estimate of drug-likeness (QED) is 0.118. The first-order chi connectivity index (χ1) is 16.8. The average molecular weight is 484 g/mol. The van der Waals surface area contributed by atoms with Gasteiger partial charge in [-0.25, -0.2) is 0 Å². The summed E-state index contributed by atoms with van der Waals surface area (Å²) in [7, 11) is 0. The summed E-state index contributed by atoms with van der Waals surface area (Å²) in [5.41, 5.74) is 3.30. The molecule has 0 saturated heterocycles. The molecule has 0 aliphatic carbocycles. The van der Waals surface area contributed by atoms with Crippen LogP contribution in [0.15, 0.2) is 47.2 Å². The zero-order chi connectivity index (χ0) is 25.7. The Morgan fingerprint density at radius 3 is 2.26 bits per heavy atom. The lowest BCUT2D eigenvalue weighted by Gasteiger charge is -2.24. The predicted molar refractivity (Wildman–Crippen MR) is 143 cm³/mol. The molecule has 2 aromatic rings. The first kappa shape index (κ1) is 28.8. The molecule has 1 aromatic carbocycles. The van der Waals surface area contributed by atoms with Gasteiger partial charge >= 0.3 is 0 Å². The minimum absolute atomic E-state index is 0.178. The normalized spacial score (nSPS) is 14.3. The third kappa shape index (κ3) is 9.96. The number of ether oxygens (including phenoxy) is 1. The summed E-state index contributed by atoms with van der Waals surface area (Å²) in [5, 5.41) is 20.0. The molecular formula is C29H45N3O3. The van der Waals surface area contributed by atoms with E-state index in [-0.39, 0.29) is 23.6 Å². The molecule has 0 aliphatic heterocycles. The number of carbonyl (C=O) groups is 1. The second-order valence-corrected chi connectivity index (χ2v) is 10.4. The lowest BCUT2D eigenvalue weighted by molar-refractivity contribution is -0.112. The van der Waals surface area contributed by atoms with Crippen molar-refractivity contribution in [1.29, 1.82) is 0 Å². The van der Waals surface area contributed by atoms with Crippen LogP contribution in [0.2, 0.25) is 0 Å². The monoisotopic (exact) mass is 483 g/mol. The van der Waals surface area contributed by atoms with Gasteiger partial charge in [0.25, 0.3) is 0 Å². The van der Waals surface area contributed by atoms with Crippen LogP contribution >= 0.6 is 0 Å². The highest BCUT2D eigenvalue weighted by Gasteiger charge is 2.22. The number of aromatic nitrogens is 3. The molecule has 2 rings (SSSR count). The molecular weight excluding hydrogens is 438 g/mol. The molecule has 6 nitrogen and oxygen atoms in total. The summed E-state index contributed by atoms with van der Waals surface area (Å²) in [4.78, 5) is 13.3. The molecule has 0 aliphatic rings. The van der Waals surface area contributed by atoms with Crippen LogP contribution in [0.1, 0.15) is 86.0 Å². The van der Waals surface area contributed by atoms with Gasteiger partial charge in [-0.15, -0.1) is 0 Å². The Labute approximate surface area is 211 Å². The van der Waals surface area contributed by atoms with Gasteiger partial charge in [0.15, 0.2) is 0 Å². The molecule has 1 atom stereocenters. The van der Waals surface area contributed by atoms with E-state index in [0.29, 0.717) is 19.6 Å². The lowest BCUT2D eigenvalue weighted by atomic mass is 9.83. The van der Waals surface area contributed by atoms with E-state index in [0.717, 1.165) is 41.3 Å². The van der Waals surface area contributed by atoms with E-state index in [1.165, 1.54) is 36.9 Å². The molecule has 0 fully saturated rings. The minimum atomic E-state index is -0.276. The van der Waals surface area contributed by atoms with Crippen LogP contribution in [0.5, 0.6) is 0 Å². The van der Waals surface area contributed by atoms with Crippen molar-refractivity contribution in [2.24, 2.45) is 11.3 Å². The van der Waals surface area contributed by atoms with E-state index < -0.39 is 0 Å². The summed E-state index contributed by atoms with van der Waals surface area (Å²) < 4.78 is 5.83. The van der Waals surface area contributed by atoms with Crippen molar-refractivity contribution in [3.8, 4) is 0 Å². The van der Waals surface area contributed by atoms with Crippen LogP contribution in [0.3, 0.4) is 0 Å². The van der Waals surface area contributed by atoms with E-state index in [9.17, 15) is 9.90 Å². The van der Waals surface area contributed by atoms with Gasteiger partial charge < -0.3 is 14.6 Å². The van der Waals surface area contributed by atoms with Gasteiger partial charge in [-0.2, -0.15) is 15.0 Å². The number of aliphatic hydroxyl groups excluding tert-OH is 1. The average Bonchev–Trinajstić information content (AvgIpc) is 3.23. The van der Waals surface area contributed by atoms with Gasteiger partial charge in [0.05, 0.1) is 6.61 Å². The predicted octanol–water partition coefficient (Wildman–Crippen LogP) is 7.21. The van der Waals surface area contributed by atoms with Gasteiger partial charge in [0.1, 0.15) is 29.6 Å². The number of hydrogen-bond donors (Lipinski definition) is 1. The SMILES string of the molecule is CCCCCCCCOCC(C=O)C/C(=C/C(=C(/O)Cn1nc2ccccc2n1)C(C)(C)C)CC. The number of fused-ring (bicyclic) bond motifs is 1. The van der Waals surface area contributed by atoms with Crippen LogP contribution in [-0.2, 0) is 16.1 Å². The fraction of sp³-hybridized carbons (Fsp3) is 0.621. The van der Waals surface area contributed by atoms with Crippen molar-refractivity contribution in [2.45, 2.75) is 92.5 Å². The Hall–Kier alpha value is -2.47. The van der Waals surface area contributed by atoms with Gasteiger partial charge in [-0.3, -0.25) is 0 Å². The molecule has 1 N–H and O–H groups in total. The number of benzene rings is 1. The van der Waals surface area contributed by atoms with Crippen molar-refractivity contribution in [2.75, 3.05) is 13.2 Å². The first-order valence-electron chi connectivity index (χ1n) is 13.2. The molecule has 0 saturated carbocycles. The summed E-state index contributed by atoms with van der Waals surface area (Å²) in [6, 6.07) is 7.67. The maximum atomic E-state index is 11.7. The number of aliphatic hydroxyl groups is 1. The van der Waals surface area contributed by atoms with Crippen molar-refractivity contribution in [3.63, 3.8) is 0 Å². The summed E-state index contributed by atoms with van der Waals surface area (Å²) in [6.45, 7) is 11.9. The largest absolute Gasteiger partial charge is 0.510 e. The van der Waals surface area contributed by atoms with E-state index in [1.807, 2.05) is 24.3 Å². The molecule has 6 heteroatoms. The lowest BCUT2D eigenvalue weighted by Crippen LogP contribution is -2.16. The number of unbranched alkanes of at least 4 members (excludes halogenated alkanes) is 5. The van der Waals surface area contributed by atoms with E-state index in [4.69, 9.17) is 4.74 Å². The van der Waals surface area contributed by atoms with Gasteiger partial charge in [0, 0.05) is 12.5 Å².